The molecular formula is C21H16F3N3O3. The summed E-state index contributed by atoms with van der Waals surface area (Å²) >= 11 is 0. The highest BCUT2D eigenvalue weighted by Gasteiger charge is 2.38. The van der Waals surface area contributed by atoms with Crippen molar-refractivity contribution < 1.29 is 27.5 Å². The van der Waals surface area contributed by atoms with Crippen LogP contribution in [0.1, 0.15) is 23.1 Å². The van der Waals surface area contributed by atoms with Crippen LogP contribution in [-0.4, -0.2) is 22.2 Å². The van der Waals surface area contributed by atoms with Crippen molar-refractivity contribution in [2.24, 2.45) is 0 Å². The average molecular weight is 415 g/mol. The van der Waals surface area contributed by atoms with Crippen molar-refractivity contribution >= 4 is 11.8 Å². The number of nitrogen functional groups attached to an aromatic ring is 1. The van der Waals surface area contributed by atoms with Crippen LogP contribution in [0.4, 0.5) is 19.0 Å². The zero-order valence-electron chi connectivity index (χ0n) is 15.5. The molecule has 3 N–H and O–H groups in total. The molecule has 154 valence electrons. The Balaban J connectivity index is 0.000000318. The summed E-state index contributed by atoms with van der Waals surface area (Å²) in [6, 6.07) is 14.2. The van der Waals surface area contributed by atoms with Crippen LogP contribution >= 0.6 is 0 Å². The van der Waals surface area contributed by atoms with Crippen molar-refractivity contribution in [1.29, 1.82) is 5.26 Å². The van der Waals surface area contributed by atoms with Gasteiger partial charge in [0.05, 0.1) is 12.0 Å². The van der Waals surface area contributed by atoms with Gasteiger partial charge in [-0.15, -0.1) is 0 Å². The molecule has 0 amide bonds. The number of nitriles is 1. The maximum Gasteiger partial charge on any atom is 0.490 e. The number of carboxylic acid groups (broad SMARTS) is 1. The summed E-state index contributed by atoms with van der Waals surface area (Å²) in [5.41, 5.74) is 11.6. The van der Waals surface area contributed by atoms with Gasteiger partial charge in [0, 0.05) is 11.1 Å². The van der Waals surface area contributed by atoms with Crippen LogP contribution in [0.2, 0.25) is 0 Å². The van der Waals surface area contributed by atoms with Crippen LogP contribution < -0.4 is 5.73 Å². The number of nitrogens with zero attached hydrogens (tertiary/aromatic N) is 2. The fourth-order valence-electron chi connectivity index (χ4n) is 3.34. The topological polar surface area (TPSA) is 113 Å². The summed E-state index contributed by atoms with van der Waals surface area (Å²) in [6.07, 6.45) is -0.619. The first-order valence-electron chi connectivity index (χ1n) is 8.88. The molecule has 2 aromatic heterocycles. The summed E-state index contributed by atoms with van der Waals surface area (Å²) in [6.45, 7) is 0. The molecule has 0 radical (unpaired) electrons. The number of hydrogen-bond acceptors (Lipinski definition) is 5. The average Bonchev–Trinajstić information content (AvgIpc) is 3.16. The van der Waals surface area contributed by atoms with Crippen LogP contribution in [0.5, 0.6) is 0 Å². The van der Waals surface area contributed by atoms with Gasteiger partial charge in [-0.3, -0.25) is 0 Å². The number of furan rings is 1. The highest BCUT2D eigenvalue weighted by Crippen LogP contribution is 2.40. The second-order valence-electron chi connectivity index (χ2n) is 6.48. The minimum Gasteiger partial charge on any atom is -0.475 e. The maximum absolute atomic E-state index is 10.6. The second kappa shape index (κ2) is 8.29. The molecule has 6 nitrogen and oxygen atoms in total. The number of aryl methyl sites for hydroxylation is 1. The summed E-state index contributed by atoms with van der Waals surface area (Å²) in [5, 5.41) is 16.7. The monoisotopic (exact) mass is 415 g/mol. The van der Waals surface area contributed by atoms with E-state index in [1.807, 2.05) is 24.3 Å². The summed E-state index contributed by atoms with van der Waals surface area (Å²) in [4.78, 5) is 13.5. The zero-order valence-corrected chi connectivity index (χ0v) is 15.5. The zero-order chi connectivity index (χ0) is 21.9. The number of halogens is 3. The van der Waals surface area contributed by atoms with Gasteiger partial charge in [-0.05, 0) is 42.5 Å². The molecule has 3 aromatic rings. The van der Waals surface area contributed by atoms with E-state index in [0.717, 1.165) is 41.6 Å². The number of rotatable bonds is 1. The molecule has 1 aromatic carbocycles. The third kappa shape index (κ3) is 4.12. The van der Waals surface area contributed by atoms with Crippen molar-refractivity contribution in [3.63, 3.8) is 0 Å². The number of anilines is 1. The molecule has 2 heterocycles. The Morgan fingerprint density at radius 2 is 1.90 bits per heavy atom. The predicted molar refractivity (Wildman–Crippen MR) is 102 cm³/mol. The van der Waals surface area contributed by atoms with E-state index < -0.39 is 12.1 Å². The smallest absolute Gasteiger partial charge is 0.475 e. The molecule has 0 atom stereocenters. The van der Waals surface area contributed by atoms with Crippen LogP contribution in [-0.2, 0) is 17.6 Å². The van der Waals surface area contributed by atoms with Gasteiger partial charge in [-0.25, -0.2) is 9.78 Å². The number of carbonyl (C=O) groups is 1. The number of carboxylic acids is 1. The Hall–Kier alpha value is -3.80. The molecule has 9 heteroatoms. The fraction of sp³-hybridized carbons (Fsp3) is 0.190. The summed E-state index contributed by atoms with van der Waals surface area (Å²) in [7, 11) is 0. The third-order valence-electron chi connectivity index (χ3n) is 4.59. The first-order chi connectivity index (χ1) is 14.2. The quantitative estimate of drug-likeness (QED) is 0.601. The number of aliphatic carboxylic acids is 1. The highest BCUT2D eigenvalue weighted by atomic mass is 19.4. The number of alkyl halides is 3. The van der Waals surface area contributed by atoms with E-state index in [1.54, 1.807) is 6.26 Å². The van der Waals surface area contributed by atoms with E-state index in [0.29, 0.717) is 11.3 Å². The van der Waals surface area contributed by atoms with Crippen molar-refractivity contribution in [2.75, 3.05) is 5.73 Å². The maximum atomic E-state index is 10.6. The lowest BCUT2D eigenvalue weighted by molar-refractivity contribution is -0.192. The lowest BCUT2D eigenvalue weighted by Gasteiger charge is -2.15. The predicted octanol–water partition coefficient (Wildman–Crippen LogP) is 4.58. The van der Waals surface area contributed by atoms with E-state index >= 15 is 0 Å². The third-order valence-corrected chi connectivity index (χ3v) is 4.59. The Morgan fingerprint density at radius 3 is 2.50 bits per heavy atom. The van der Waals surface area contributed by atoms with Gasteiger partial charge in [0.1, 0.15) is 23.2 Å². The Bertz CT molecular complexity index is 1120. The van der Waals surface area contributed by atoms with Crippen molar-refractivity contribution in [2.45, 2.75) is 25.4 Å². The number of nitrogens with two attached hydrogens (primary N) is 1. The van der Waals surface area contributed by atoms with Crippen molar-refractivity contribution in [3.05, 3.63) is 59.4 Å². The lowest BCUT2D eigenvalue weighted by Crippen LogP contribution is -2.21. The van der Waals surface area contributed by atoms with Gasteiger partial charge in [0.2, 0.25) is 0 Å². The van der Waals surface area contributed by atoms with Gasteiger partial charge in [0.15, 0.2) is 0 Å². The van der Waals surface area contributed by atoms with Crippen LogP contribution in [0.3, 0.4) is 0 Å². The molecule has 0 unspecified atom stereocenters. The van der Waals surface area contributed by atoms with Gasteiger partial charge in [-0.2, -0.15) is 18.4 Å². The Labute approximate surface area is 169 Å². The van der Waals surface area contributed by atoms with Crippen LogP contribution in [0, 0.1) is 11.3 Å². The minimum atomic E-state index is -5.08. The standard InChI is InChI=1S/C19H15N3O.C2HF3O2/c20-11-15-17(16-9-4-10-23-16)14-8-3-6-12-5-1-2-7-13(12)18(14)22-19(15)21;3-2(4,5)1(6)7/h1-2,4-5,7,9-10H,3,6,8H2,(H2,21,22);(H,6,7). The molecule has 0 saturated carbocycles. The van der Waals surface area contributed by atoms with E-state index in [2.05, 4.69) is 23.2 Å². The van der Waals surface area contributed by atoms with Crippen LogP contribution in [0.15, 0.2) is 47.1 Å². The van der Waals surface area contributed by atoms with Crippen LogP contribution in [0.25, 0.3) is 22.6 Å². The number of fused-ring (bicyclic) bond motifs is 3. The molecule has 30 heavy (non-hydrogen) atoms. The van der Waals surface area contributed by atoms with Crippen molar-refractivity contribution in [1.82, 2.24) is 4.98 Å². The first kappa shape index (κ1) is 20.9. The SMILES string of the molecule is N#Cc1c(N)nc2c(c1-c1ccco1)CCCc1ccccc1-2.O=C(O)C(F)(F)F. The molecule has 4 rings (SSSR count). The summed E-state index contributed by atoms with van der Waals surface area (Å²) in [5.74, 6) is -1.83. The summed E-state index contributed by atoms with van der Waals surface area (Å²) < 4.78 is 37.3. The largest absolute Gasteiger partial charge is 0.490 e. The molecule has 0 saturated heterocycles. The minimum absolute atomic E-state index is 0.259. The molecule has 0 aliphatic heterocycles. The first-order valence-corrected chi connectivity index (χ1v) is 8.88. The number of pyridine rings is 1. The number of benzene rings is 1. The normalized spacial score (nSPS) is 12.5. The Morgan fingerprint density at radius 1 is 1.20 bits per heavy atom. The molecule has 1 aliphatic carbocycles. The molecule has 0 bridgehead atoms. The fourth-order valence-corrected chi connectivity index (χ4v) is 3.34. The molecular weight excluding hydrogens is 399 g/mol. The van der Waals surface area contributed by atoms with Gasteiger partial charge in [-0.1, -0.05) is 24.3 Å². The number of aromatic nitrogens is 1. The highest BCUT2D eigenvalue weighted by molar-refractivity contribution is 5.83. The van der Waals surface area contributed by atoms with Crippen molar-refractivity contribution in [3.8, 4) is 28.7 Å². The van der Waals surface area contributed by atoms with E-state index in [1.165, 1.54) is 5.56 Å². The van der Waals surface area contributed by atoms with Gasteiger partial charge < -0.3 is 15.3 Å². The van der Waals surface area contributed by atoms with Gasteiger partial charge >= 0.3 is 12.1 Å². The second-order valence-corrected chi connectivity index (χ2v) is 6.48. The van der Waals surface area contributed by atoms with E-state index in [9.17, 15) is 18.4 Å². The Kier molecular flexibility index (Phi) is 5.78. The lowest BCUT2D eigenvalue weighted by atomic mass is 9.94. The van der Waals surface area contributed by atoms with E-state index in [-0.39, 0.29) is 5.82 Å². The molecule has 1 aliphatic rings. The van der Waals surface area contributed by atoms with Gasteiger partial charge in [0.25, 0.3) is 0 Å². The molecule has 0 spiro atoms. The van der Waals surface area contributed by atoms with E-state index in [4.69, 9.17) is 20.1 Å². The molecule has 0 fully saturated rings. The number of hydrogen-bond donors (Lipinski definition) is 2.